The van der Waals surface area contributed by atoms with Crippen LogP contribution >= 0.6 is 11.6 Å². The summed E-state index contributed by atoms with van der Waals surface area (Å²) >= 11 is 6.16. The summed E-state index contributed by atoms with van der Waals surface area (Å²) in [7, 11) is 3.04. The summed E-state index contributed by atoms with van der Waals surface area (Å²) in [6, 6.07) is 11.0. The zero-order valence-electron chi connectivity index (χ0n) is 13.7. The summed E-state index contributed by atoms with van der Waals surface area (Å²) in [5, 5.41) is 0.405. The number of aromatic nitrogens is 2. The Labute approximate surface area is 149 Å². The molecule has 128 valence electrons. The molecule has 25 heavy (non-hydrogen) atoms. The van der Waals surface area contributed by atoms with Gasteiger partial charge in [-0.15, -0.1) is 0 Å². The second-order valence-electron chi connectivity index (χ2n) is 5.15. The number of halogens is 1. The highest BCUT2D eigenvalue weighted by molar-refractivity contribution is 6.32. The van der Waals surface area contributed by atoms with E-state index < -0.39 is 0 Å². The van der Waals surface area contributed by atoms with Gasteiger partial charge in [-0.3, -0.25) is 10.2 Å². The van der Waals surface area contributed by atoms with Gasteiger partial charge in [-0.05, 0) is 35.9 Å². The molecule has 0 fully saturated rings. The van der Waals surface area contributed by atoms with Crippen molar-refractivity contribution in [2.45, 2.75) is 0 Å². The second kappa shape index (κ2) is 7.27. The van der Waals surface area contributed by atoms with Crippen molar-refractivity contribution >= 4 is 34.6 Å². The van der Waals surface area contributed by atoms with Gasteiger partial charge in [0.25, 0.3) is 5.91 Å². The average molecular weight is 358 g/mol. The molecular weight excluding hydrogens is 342 g/mol. The number of carbonyl (C=O) groups excluding carboxylic acids is 1. The van der Waals surface area contributed by atoms with Gasteiger partial charge in [-0.1, -0.05) is 23.7 Å². The molecule has 0 bridgehead atoms. The maximum absolute atomic E-state index is 12.2. The molecule has 1 heterocycles. The van der Waals surface area contributed by atoms with Crippen molar-refractivity contribution in [1.82, 2.24) is 9.66 Å². The standard InChI is InChI=1S/C18H16ClN3O3/c1-24-16-10-12(9-13(19)18(16)25-2)7-8-17(23)21-22-11-20-14-5-3-4-6-15(14)22/h3-11H,1-2H3,(H,21,23)/b8-7+. The number of para-hydroxylation sites is 2. The van der Waals surface area contributed by atoms with Crippen molar-refractivity contribution in [1.29, 1.82) is 0 Å². The lowest BCUT2D eigenvalue weighted by atomic mass is 10.2. The van der Waals surface area contributed by atoms with Crippen LogP contribution in [0.5, 0.6) is 11.5 Å². The molecule has 1 N–H and O–H groups in total. The molecule has 2 aromatic carbocycles. The maximum atomic E-state index is 12.2. The number of benzene rings is 2. The lowest BCUT2D eigenvalue weighted by Gasteiger charge is -2.10. The molecule has 3 aromatic rings. The molecule has 6 nitrogen and oxygen atoms in total. The molecule has 0 unspecified atom stereocenters. The van der Waals surface area contributed by atoms with E-state index in [-0.39, 0.29) is 5.91 Å². The number of nitrogens with zero attached hydrogens (tertiary/aromatic N) is 2. The number of methoxy groups -OCH3 is 2. The van der Waals surface area contributed by atoms with Gasteiger partial charge < -0.3 is 9.47 Å². The zero-order valence-corrected chi connectivity index (χ0v) is 14.4. The van der Waals surface area contributed by atoms with Crippen LogP contribution in [0.3, 0.4) is 0 Å². The van der Waals surface area contributed by atoms with Gasteiger partial charge in [-0.25, -0.2) is 9.66 Å². The van der Waals surface area contributed by atoms with E-state index in [1.165, 1.54) is 20.3 Å². The van der Waals surface area contributed by atoms with Crippen molar-refractivity contribution in [2.75, 3.05) is 19.6 Å². The number of hydrogen-bond acceptors (Lipinski definition) is 4. The summed E-state index contributed by atoms with van der Waals surface area (Å²) in [5.74, 6) is 0.653. The van der Waals surface area contributed by atoms with Crippen LogP contribution in [0.15, 0.2) is 48.8 Å². The first-order valence-electron chi connectivity index (χ1n) is 7.45. The molecule has 1 aromatic heterocycles. The number of nitrogens with one attached hydrogen (secondary N) is 1. The van der Waals surface area contributed by atoms with Gasteiger partial charge in [0.15, 0.2) is 11.5 Å². The number of amides is 1. The van der Waals surface area contributed by atoms with Gasteiger partial charge in [-0.2, -0.15) is 0 Å². The SMILES string of the molecule is COc1cc(/C=C/C(=O)Nn2cnc3ccccc32)cc(Cl)c1OC. The van der Waals surface area contributed by atoms with Crippen LogP contribution in [-0.4, -0.2) is 29.8 Å². The number of fused-ring (bicyclic) bond motifs is 1. The Morgan fingerprint density at radius 2 is 2.04 bits per heavy atom. The Balaban J connectivity index is 1.78. The third kappa shape index (κ3) is 3.59. The molecule has 0 atom stereocenters. The minimum absolute atomic E-state index is 0.297. The summed E-state index contributed by atoms with van der Waals surface area (Å²) in [6.07, 6.45) is 4.61. The van der Waals surface area contributed by atoms with E-state index in [1.807, 2.05) is 24.3 Å². The number of imidazole rings is 1. The van der Waals surface area contributed by atoms with Gasteiger partial charge in [0.1, 0.15) is 6.33 Å². The summed E-state index contributed by atoms with van der Waals surface area (Å²) in [4.78, 5) is 16.4. The smallest absolute Gasteiger partial charge is 0.262 e. The van der Waals surface area contributed by atoms with Crippen molar-refractivity contribution in [2.24, 2.45) is 0 Å². The van der Waals surface area contributed by atoms with E-state index in [4.69, 9.17) is 21.1 Å². The van der Waals surface area contributed by atoms with Crippen molar-refractivity contribution in [3.63, 3.8) is 0 Å². The van der Waals surface area contributed by atoms with Crippen molar-refractivity contribution in [3.8, 4) is 11.5 Å². The van der Waals surface area contributed by atoms with Crippen LogP contribution in [-0.2, 0) is 4.79 Å². The maximum Gasteiger partial charge on any atom is 0.262 e. The van der Waals surface area contributed by atoms with Crippen molar-refractivity contribution < 1.29 is 14.3 Å². The van der Waals surface area contributed by atoms with Gasteiger partial charge in [0, 0.05) is 6.08 Å². The largest absolute Gasteiger partial charge is 0.493 e. The van der Waals surface area contributed by atoms with E-state index in [1.54, 1.807) is 29.2 Å². The Hall–Kier alpha value is -2.99. The summed E-state index contributed by atoms with van der Waals surface area (Å²) in [6.45, 7) is 0. The quantitative estimate of drug-likeness (QED) is 0.710. The zero-order chi connectivity index (χ0) is 17.8. The predicted octanol–water partition coefficient (Wildman–Crippen LogP) is 3.49. The Morgan fingerprint density at radius 1 is 1.24 bits per heavy atom. The minimum atomic E-state index is -0.297. The Kier molecular flexibility index (Phi) is 4.90. The summed E-state index contributed by atoms with van der Waals surface area (Å²) < 4.78 is 12.0. The molecule has 0 saturated carbocycles. The highest BCUT2D eigenvalue weighted by atomic mass is 35.5. The van der Waals surface area contributed by atoms with Gasteiger partial charge >= 0.3 is 0 Å². The van der Waals surface area contributed by atoms with Crippen LogP contribution in [0, 0.1) is 0 Å². The molecule has 0 aliphatic carbocycles. The molecule has 7 heteroatoms. The fourth-order valence-corrected chi connectivity index (χ4v) is 2.71. The van der Waals surface area contributed by atoms with Crippen LogP contribution < -0.4 is 14.9 Å². The lowest BCUT2D eigenvalue weighted by molar-refractivity contribution is -0.112. The van der Waals surface area contributed by atoms with Crippen LogP contribution in [0.4, 0.5) is 0 Å². The number of rotatable bonds is 5. The third-order valence-corrected chi connectivity index (χ3v) is 3.85. The first-order valence-corrected chi connectivity index (χ1v) is 7.83. The van der Waals surface area contributed by atoms with Crippen LogP contribution in [0.2, 0.25) is 5.02 Å². The van der Waals surface area contributed by atoms with Crippen LogP contribution in [0.1, 0.15) is 5.56 Å². The molecule has 0 saturated heterocycles. The van der Waals surface area contributed by atoms with E-state index >= 15 is 0 Å². The minimum Gasteiger partial charge on any atom is -0.493 e. The fraction of sp³-hybridized carbons (Fsp3) is 0.111. The topological polar surface area (TPSA) is 65.4 Å². The molecule has 1 amide bonds. The van der Waals surface area contributed by atoms with Crippen molar-refractivity contribution in [3.05, 3.63) is 59.4 Å². The number of ether oxygens (including phenoxy) is 2. The Bertz CT molecular complexity index is 950. The first kappa shape index (κ1) is 16.9. The van der Waals surface area contributed by atoms with E-state index in [0.29, 0.717) is 22.1 Å². The Morgan fingerprint density at radius 3 is 2.80 bits per heavy atom. The lowest BCUT2D eigenvalue weighted by Crippen LogP contribution is -2.19. The molecule has 0 aliphatic heterocycles. The molecule has 0 spiro atoms. The van der Waals surface area contributed by atoms with E-state index in [2.05, 4.69) is 10.4 Å². The van der Waals surface area contributed by atoms with E-state index in [9.17, 15) is 4.79 Å². The molecule has 0 radical (unpaired) electrons. The monoisotopic (exact) mass is 357 g/mol. The number of hydrogen-bond donors (Lipinski definition) is 1. The third-order valence-electron chi connectivity index (χ3n) is 3.57. The molecule has 0 aliphatic rings. The summed E-state index contributed by atoms with van der Waals surface area (Å²) in [5.41, 5.74) is 5.08. The predicted molar refractivity (Wildman–Crippen MR) is 97.7 cm³/mol. The van der Waals surface area contributed by atoms with E-state index in [0.717, 1.165) is 11.0 Å². The first-order chi connectivity index (χ1) is 12.1. The van der Waals surface area contributed by atoms with Crippen LogP contribution in [0.25, 0.3) is 17.1 Å². The van der Waals surface area contributed by atoms with Gasteiger partial charge in [0.05, 0.1) is 30.3 Å². The highest BCUT2D eigenvalue weighted by Gasteiger charge is 2.10. The average Bonchev–Trinajstić information content (AvgIpc) is 3.02. The normalized spacial score (nSPS) is 11.0. The fourth-order valence-electron chi connectivity index (χ4n) is 2.41. The van der Waals surface area contributed by atoms with Gasteiger partial charge in [0.2, 0.25) is 0 Å². The highest BCUT2D eigenvalue weighted by Crippen LogP contribution is 2.36. The molecular formula is C18H16ClN3O3. The number of carbonyl (C=O) groups is 1. The second-order valence-corrected chi connectivity index (χ2v) is 5.56. The molecule has 3 rings (SSSR count).